The molecule has 21 heavy (non-hydrogen) atoms. The standard InChI is InChI=1S/C14H18BrNO4S/c1-8-3-4-11(5-8)16-21(19,20)12-7-10(14(17)18)6-9(2)13(12)15/h6-8,11,16H,3-5H2,1-2H3,(H,17,18). The number of benzene rings is 1. The van der Waals surface area contributed by atoms with Gasteiger partial charge in [-0.1, -0.05) is 6.92 Å². The third kappa shape index (κ3) is 3.64. The van der Waals surface area contributed by atoms with Crippen LogP contribution in [0.3, 0.4) is 0 Å². The van der Waals surface area contributed by atoms with E-state index in [1.807, 2.05) is 0 Å². The first-order valence-electron chi connectivity index (χ1n) is 6.76. The van der Waals surface area contributed by atoms with Crippen molar-refractivity contribution in [1.29, 1.82) is 0 Å². The molecule has 1 saturated carbocycles. The van der Waals surface area contributed by atoms with Gasteiger partial charge in [0.25, 0.3) is 0 Å². The third-order valence-corrected chi connectivity index (χ3v) is 6.63. The number of hydrogen-bond acceptors (Lipinski definition) is 3. The Morgan fingerprint density at radius 1 is 1.38 bits per heavy atom. The van der Waals surface area contributed by atoms with Crippen molar-refractivity contribution in [2.24, 2.45) is 5.92 Å². The Hall–Kier alpha value is -0.920. The number of carboxylic acids is 1. The van der Waals surface area contributed by atoms with Crippen molar-refractivity contribution in [3.63, 3.8) is 0 Å². The fraction of sp³-hybridized carbons (Fsp3) is 0.500. The number of hydrogen-bond donors (Lipinski definition) is 2. The molecule has 116 valence electrons. The van der Waals surface area contributed by atoms with Crippen LogP contribution in [0.15, 0.2) is 21.5 Å². The molecule has 2 unspecified atom stereocenters. The molecule has 0 spiro atoms. The van der Waals surface area contributed by atoms with E-state index in [0.29, 0.717) is 16.0 Å². The Bertz CT molecular complexity index is 672. The van der Waals surface area contributed by atoms with Crippen LogP contribution in [-0.2, 0) is 10.0 Å². The van der Waals surface area contributed by atoms with Crippen LogP contribution in [0.25, 0.3) is 0 Å². The Morgan fingerprint density at radius 3 is 2.57 bits per heavy atom. The van der Waals surface area contributed by atoms with Crippen LogP contribution in [0.1, 0.15) is 42.1 Å². The molecule has 0 amide bonds. The highest BCUT2D eigenvalue weighted by Gasteiger charge is 2.28. The Labute approximate surface area is 132 Å². The summed E-state index contributed by atoms with van der Waals surface area (Å²) in [5.74, 6) is -0.634. The molecule has 2 rings (SSSR count). The number of halogens is 1. The number of aromatic carboxylic acids is 1. The summed E-state index contributed by atoms with van der Waals surface area (Å²) in [6.07, 6.45) is 2.63. The molecule has 2 atom stereocenters. The van der Waals surface area contributed by atoms with E-state index in [2.05, 4.69) is 27.6 Å². The molecular weight excluding hydrogens is 358 g/mol. The number of carboxylic acid groups (broad SMARTS) is 1. The molecule has 1 fully saturated rings. The van der Waals surface area contributed by atoms with Crippen molar-refractivity contribution in [1.82, 2.24) is 4.72 Å². The molecule has 0 saturated heterocycles. The van der Waals surface area contributed by atoms with Gasteiger partial charge in [0.2, 0.25) is 10.0 Å². The molecule has 1 aliphatic carbocycles. The van der Waals surface area contributed by atoms with Gasteiger partial charge in [0, 0.05) is 10.5 Å². The van der Waals surface area contributed by atoms with E-state index in [1.54, 1.807) is 6.92 Å². The topological polar surface area (TPSA) is 83.5 Å². The SMILES string of the molecule is Cc1cc(C(=O)O)cc(S(=O)(=O)NC2CCC(C)C2)c1Br. The van der Waals surface area contributed by atoms with E-state index < -0.39 is 16.0 Å². The van der Waals surface area contributed by atoms with Crippen LogP contribution >= 0.6 is 15.9 Å². The lowest BCUT2D eigenvalue weighted by Gasteiger charge is -2.15. The molecule has 0 bridgehead atoms. The summed E-state index contributed by atoms with van der Waals surface area (Å²) in [6.45, 7) is 3.77. The minimum absolute atomic E-state index is 0.0144. The minimum Gasteiger partial charge on any atom is -0.478 e. The van der Waals surface area contributed by atoms with Crippen molar-refractivity contribution in [3.8, 4) is 0 Å². The largest absolute Gasteiger partial charge is 0.478 e. The highest BCUT2D eigenvalue weighted by Crippen LogP contribution is 2.30. The highest BCUT2D eigenvalue weighted by molar-refractivity contribution is 9.10. The molecule has 7 heteroatoms. The molecule has 0 heterocycles. The zero-order valence-electron chi connectivity index (χ0n) is 11.9. The van der Waals surface area contributed by atoms with Crippen LogP contribution in [0, 0.1) is 12.8 Å². The molecule has 1 aromatic carbocycles. The molecule has 0 radical (unpaired) electrons. The average Bonchev–Trinajstić information content (AvgIpc) is 2.76. The van der Waals surface area contributed by atoms with Crippen molar-refractivity contribution >= 4 is 31.9 Å². The van der Waals surface area contributed by atoms with E-state index in [9.17, 15) is 13.2 Å². The monoisotopic (exact) mass is 375 g/mol. The second kappa shape index (κ2) is 6.06. The van der Waals surface area contributed by atoms with Crippen LogP contribution < -0.4 is 4.72 Å². The second-order valence-electron chi connectivity index (χ2n) is 5.65. The lowest BCUT2D eigenvalue weighted by Crippen LogP contribution is -2.33. The third-order valence-electron chi connectivity index (χ3n) is 3.77. The zero-order chi connectivity index (χ0) is 15.8. The summed E-state index contributed by atoms with van der Waals surface area (Å²) in [7, 11) is -3.74. The maximum Gasteiger partial charge on any atom is 0.335 e. The normalized spacial score (nSPS) is 22.4. The van der Waals surface area contributed by atoms with E-state index in [-0.39, 0.29) is 16.5 Å². The first-order valence-corrected chi connectivity index (χ1v) is 9.04. The van der Waals surface area contributed by atoms with E-state index in [1.165, 1.54) is 12.1 Å². The van der Waals surface area contributed by atoms with Crippen molar-refractivity contribution < 1.29 is 18.3 Å². The van der Waals surface area contributed by atoms with E-state index >= 15 is 0 Å². The number of nitrogens with one attached hydrogen (secondary N) is 1. The summed E-state index contributed by atoms with van der Waals surface area (Å²) >= 11 is 3.25. The van der Waals surface area contributed by atoms with Crippen LogP contribution in [0.2, 0.25) is 0 Å². The van der Waals surface area contributed by atoms with Gasteiger partial charge in [0.15, 0.2) is 0 Å². The number of carbonyl (C=O) groups is 1. The highest BCUT2D eigenvalue weighted by atomic mass is 79.9. The Morgan fingerprint density at radius 2 is 2.05 bits per heavy atom. The molecule has 1 aromatic rings. The molecule has 0 aliphatic heterocycles. The molecule has 0 aromatic heterocycles. The fourth-order valence-corrected chi connectivity index (χ4v) is 4.98. The maximum absolute atomic E-state index is 12.5. The number of rotatable bonds is 4. The van der Waals surface area contributed by atoms with Crippen molar-refractivity contribution in [3.05, 3.63) is 27.7 Å². The quantitative estimate of drug-likeness (QED) is 0.847. The summed E-state index contributed by atoms with van der Waals surface area (Å²) in [5.41, 5.74) is 0.547. The lowest BCUT2D eigenvalue weighted by atomic mass is 10.1. The molecular formula is C14H18BrNO4S. The van der Waals surface area contributed by atoms with Gasteiger partial charge in [-0.2, -0.15) is 0 Å². The van der Waals surface area contributed by atoms with Crippen LogP contribution in [-0.4, -0.2) is 25.5 Å². The van der Waals surface area contributed by atoms with Crippen LogP contribution in [0.4, 0.5) is 0 Å². The summed E-state index contributed by atoms with van der Waals surface area (Å²) in [4.78, 5) is 11.1. The van der Waals surface area contributed by atoms with Gasteiger partial charge < -0.3 is 5.11 Å². The molecule has 5 nitrogen and oxygen atoms in total. The van der Waals surface area contributed by atoms with Gasteiger partial charge in [-0.3, -0.25) is 0 Å². The summed E-state index contributed by atoms with van der Waals surface area (Å²) in [6, 6.07) is 2.56. The van der Waals surface area contributed by atoms with Gasteiger partial charge in [0.05, 0.1) is 10.5 Å². The predicted octanol–water partition coefficient (Wildman–Crippen LogP) is 2.92. The summed E-state index contributed by atoms with van der Waals surface area (Å²) in [5, 5.41) is 9.08. The van der Waals surface area contributed by atoms with Gasteiger partial charge in [-0.05, 0) is 65.7 Å². The minimum atomic E-state index is -3.74. The van der Waals surface area contributed by atoms with E-state index in [4.69, 9.17) is 5.11 Å². The Kier molecular flexibility index (Phi) is 4.75. The smallest absolute Gasteiger partial charge is 0.335 e. The first-order chi connectivity index (χ1) is 9.70. The van der Waals surface area contributed by atoms with Gasteiger partial charge >= 0.3 is 5.97 Å². The fourth-order valence-electron chi connectivity index (χ4n) is 2.65. The van der Waals surface area contributed by atoms with Gasteiger partial charge in [0.1, 0.15) is 0 Å². The number of aryl methyl sites for hydroxylation is 1. The van der Waals surface area contributed by atoms with Gasteiger partial charge in [-0.25, -0.2) is 17.9 Å². The van der Waals surface area contributed by atoms with E-state index in [0.717, 1.165) is 19.3 Å². The van der Waals surface area contributed by atoms with Crippen LogP contribution in [0.5, 0.6) is 0 Å². The molecule has 1 aliphatic rings. The average molecular weight is 376 g/mol. The molecule has 2 N–H and O–H groups in total. The predicted molar refractivity (Wildman–Crippen MR) is 83.0 cm³/mol. The second-order valence-corrected chi connectivity index (χ2v) is 8.12. The van der Waals surface area contributed by atoms with Crippen molar-refractivity contribution in [2.45, 2.75) is 44.0 Å². The summed E-state index contributed by atoms with van der Waals surface area (Å²) < 4.78 is 28.1. The first kappa shape index (κ1) is 16.5. The van der Waals surface area contributed by atoms with Gasteiger partial charge in [-0.15, -0.1) is 0 Å². The van der Waals surface area contributed by atoms with Crippen molar-refractivity contribution in [2.75, 3.05) is 0 Å². The lowest BCUT2D eigenvalue weighted by molar-refractivity contribution is 0.0696. The Balaban J connectivity index is 2.37. The maximum atomic E-state index is 12.5. The zero-order valence-corrected chi connectivity index (χ0v) is 14.3. The number of sulfonamides is 1.